The summed E-state index contributed by atoms with van der Waals surface area (Å²) in [6, 6.07) is 8.23. The van der Waals surface area contributed by atoms with Crippen molar-refractivity contribution in [1.29, 1.82) is 5.26 Å². The molecule has 1 aromatic carbocycles. The SMILES string of the molecule is COc1ccc(Cl)cc1CC1(C#N)CCCCCC1. The lowest BCUT2D eigenvalue weighted by Gasteiger charge is -2.25. The van der Waals surface area contributed by atoms with E-state index in [0.29, 0.717) is 5.02 Å². The molecule has 0 heterocycles. The van der Waals surface area contributed by atoms with E-state index in [9.17, 15) is 5.26 Å². The van der Waals surface area contributed by atoms with Crippen LogP contribution in [0.3, 0.4) is 0 Å². The minimum atomic E-state index is -0.242. The number of rotatable bonds is 3. The van der Waals surface area contributed by atoms with Gasteiger partial charge in [-0.1, -0.05) is 37.3 Å². The Morgan fingerprint density at radius 2 is 1.95 bits per heavy atom. The van der Waals surface area contributed by atoms with Crippen LogP contribution in [-0.2, 0) is 6.42 Å². The molecule has 0 unspecified atom stereocenters. The van der Waals surface area contributed by atoms with E-state index in [4.69, 9.17) is 16.3 Å². The normalized spacial score (nSPS) is 18.4. The van der Waals surface area contributed by atoms with E-state index >= 15 is 0 Å². The third kappa shape index (κ3) is 3.42. The van der Waals surface area contributed by atoms with E-state index in [2.05, 4.69) is 6.07 Å². The van der Waals surface area contributed by atoms with Crippen molar-refractivity contribution in [3.63, 3.8) is 0 Å². The largest absolute Gasteiger partial charge is 0.496 e. The maximum Gasteiger partial charge on any atom is 0.122 e. The highest BCUT2D eigenvalue weighted by atomic mass is 35.5. The fraction of sp³-hybridized carbons (Fsp3) is 0.562. The van der Waals surface area contributed by atoms with E-state index < -0.39 is 0 Å². The van der Waals surface area contributed by atoms with Crippen molar-refractivity contribution in [3.05, 3.63) is 28.8 Å². The van der Waals surface area contributed by atoms with Crippen LogP contribution in [0.1, 0.15) is 44.1 Å². The quantitative estimate of drug-likeness (QED) is 0.747. The Morgan fingerprint density at radius 3 is 2.53 bits per heavy atom. The molecular weight excluding hydrogens is 258 g/mol. The van der Waals surface area contributed by atoms with Crippen LogP contribution >= 0.6 is 11.6 Å². The Kier molecular flexibility index (Phi) is 4.71. The van der Waals surface area contributed by atoms with Gasteiger partial charge in [-0.05, 0) is 43.0 Å². The van der Waals surface area contributed by atoms with Gasteiger partial charge < -0.3 is 4.74 Å². The van der Waals surface area contributed by atoms with Gasteiger partial charge in [-0.15, -0.1) is 0 Å². The first-order chi connectivity index (χ1) is 9.19. The number of nitriles is 1. The van der Waals surface area contributed by atoms with Crippen LogP contribution in [0.15, 0.2) is 18.2 Å². The zero-order valence-corrected chi connectivity index (χ0v) is 12.2. The third-order valence-corrected chi connectivity index (χ3v) is 4.30. The molecule has 1 aliphatic carbocycles. The van der Waals surface area contributed by atoms with Crippen molar-refractivity contribution in [2.75, 3.05) is 7.11 Å². The van der Waals surface area contributed by atoms with Crippen molar-refractivity contribution in [1.82, 2.24) is 0 Å². The van der Waals surface area contributed by atoms with Crippen LogP contribution < -0.4 is 4.74 Å². The highest BCUT2D eigenvalue weighted by Gasteiger charge is 2.32. The second kappa shape index (κ2) is 6.30. The molecule has 3 heteroatoms. The van der Waals surface area contributed by atoms with Crippen molar-refractivity contribution < 1.29 is 4.74 Å². The topological polar surface area (TPSA) is 33.0 Å². The van der Waals surface area contributed by atoms with Gasteiger partial charge in [0.1, 0.15) is 5.75 Å². The molecule has 0 amide bonds. The average molecular weight is 278 g/mol. The smallest absolute Gasteiger partial charge is 0.122 e. The molecule has 2 nitrogen and oxygen atoms in total. The fourth-order valence-electron chi connectivity index (χ4n) is 2.98. The van der Waals surface area contributed by atoms with Crippen molar-refractivity contribution in [2.45, 2.75) is 44.9 Å². The van der Waals surface area contributed by atoms with Crippen LogP contribution in [0, 0.1) is 16.7 Å². The first-order valence-corrected chi connectivity index (χ1v) is 7.31. The maximum atomic E-state index is 9.64. The van der Waals surface area contributed by atoms with Crippen LogP contribution in [0.2, 0.25) is 5.02 Å². The van der Waals surface area contributed by atoms with Gasteiger partial charge in [-0.25, -0.2) is 0 Å². The van der Waals surface area contributed by atoms with Gasteiger partial charge >= 0.3 is 0 Å². The Bertz CT molecular complexity index is 470. The predicted octanol–water partition coefficient (Wildman–Crippen LogP) is 4.76. The number of ether oxygens (including phenoxy) is 1. The lowest BCUT2D eigenvalue weighted by molar-refractivity contribution is 0.330. The lowest BCUT2D eigenvalue weighted by atomic mass is 9.76. The summed E-state index contributed by atoms with van der Waals surface area (Å²) in [4.78, 5) is 0. The summed E-state index contributed by atoms with van der Waals surface area (Å²) in [5, 5.41) is 10.3. The molecule has 102 valence electrons. The number of hydrogen-bond donors (Lipinski definition) is 0. The van der Waals surface area contributed by atoms with Crippen LogP contribution in [-0.4, -0.2) is 7.11 Å². The highest BCUT2D eigenvalue weighted by Crippen LogP contribution is 2.39. The molecule has 1 fully saturated rings. The van der Waals surface area contributed by atoms with Crippen LogP contribution in [0.4, 0.5) is 0 Å². The molecule has 0 aromatic heterocycles. The van der Waals surface area contributed by atoms with Crippen molar-refractivity contribution in [3.8, 4) is 11.8 Å². The van der Waals surface area contributed by atoms with Crippen molar-refractivity contribution >= 4 is 11.6 Å². The van der Waals surface area contributed by atoms with E-state index in [1.807, 2.05) is 18.2 Å². The van der Waals surface area contributed by atoms with Crippen LogP contribution in [0.25, 0.3) is 0 Å². The summed E-state index contributed by atoms with van der Waals surface area (Å²) in [6.45, 7) is 0. The minimum absolute atomic E-state index is 0.242. The molecule has 0 aliphatic heterocycles. The Hall–Kier alpha value is -1.20. The fourth-order valence-corrected chi connectivity index (χ4v) is 3.18. The molecule has 19 heavy (non-hydrogen) atoms. The Morgan fingerprint density at radius 1 is 1.26 bits per heavy atom. The number of nitrogens with zero attached hydrogens (tertiary/aromatic N) is 1. The van der Waals surface area contributed by atoms with Gasteiger partial charge in [0.25, 0.3) is 0 Å². The third-order valence-electron chi connectivity index (χ3n) is 4.07. The number of hydrogen-bond acceptors (Lipinski definition) is 2. The summed E-state index contributed by atoms with van der Waals surface area (Å²) in [5.74, 6) is 0.836. The van der Waals surface area contributed by atoms with Gasteiger partial charge in [0.2, 0.25) is 0 Å². The lowest BCUT2D eigenvalue weighted by Crippen LogP contribution is -2.21. The first kappa shape index (κ1) is 14.2. The molecule has 0 spiro atoms. The van der Waals surface area contributed by atoms with Gasteiger partial charge in [0.15, 0.2) is 0 Å². The van der Waals surface area contributed by atoms with Crippen LogP contribution in [0.5, 0.6) is 5.75 Å². The summed E-state index contributed by atoms with van der Waals surface area (Å²) in [5.41, 5.74) is 0.813. The predicted molar refractivity (Wildman–Crippen MR) is 77.5 cm³/mol. The molecule has 0 N–H and O–H groups in total. The molecule has 1 saturated carbocycles. The number of halogens is 1. The summed E-state index contributed by atoms with van der Waals surface area (Å²) >= 11 is 6.07. The Labute approximate surface area is 120 Å². The minimum Gasteiger partial charge on any atom is -0.496 e. The average Bonchev–Trinajstić information content (AvgIpc) is 2.65. The number of benzene rings is 1. The van der Waals surface area contributed by atoms with E-state index in [1.165, 1.54) is 12.8 Å². The summed E-state index contributed by atoms with van der Waals surface area (Å²) in [7, 11) is 1.67. The van der Waals surface area contributed by atoms with Gasteiger partial charge in [-0.2, -0.15) is 5.26 Å². The number of methoxy groups -OCH3 is 1. The van der Waals surface area contributed by atoms with E-state index in [0.717, 1.165) is 43.4 Å². The van der Waals surface area contributed by atoms with Gasteiger partial charge in [0.05, 0.1) is 18.6 Å². The first-order valence-electron chi connectivity index (χ1n) is 6.93. The second-order valence-electron chi connectivity index (χ2n) is 5.44. The summed E-state index contributed by atoms with van der Waals surface area (Å²) in [6.07, 6.45) is 7.50. The summed E-state index contributed by atoms with van der Waals surface area (Å²) < 4.78 is 5.39. The highest BCUT2D eigenvalue weighted by molar-refractivity contribution is 6.30. The molecule has 0 saturated heterocycles. The van der Waals surface area contributed by atoms with E-state index in [1.54, 1.807) is 7.11 Å². The molecule has 0 radical (unpaired) electrons. The van der Waals surface area contributed by atoms with E-state index in [-0.39, 0.29) is 5.41 Å². The molecule has 1 aromatic rings. The Balaban J connectivity index is 2.27. The molecule has 0 bridgehead atoms. The monoisotopic (exact) mass is 277 g/mol. The molecule has 0 atom stereocenters. The van der Waals surface area contributed by atoms with Gasteiger partial charge in [0, 0.05) is 5.02 Å². The maximum absolute atomic E-state index is 9.64. The molecule has 2 rings (SSSR count). The van der Waals surface area contributed by atoms with Crippen molar-refractivity contribution in [2.24, 2.45) is 5.41 Å². The van der Waals surface area contributed by atoms with Gasteiger partial charge in [-0.3, -0.25) is 0 Å². The second-order valence-corrected chi connectivity index (χ2v) is 5.88. The molecular formula is C16H20ClNO. The molecule has 1 aliphatic rings. The standard InChI is InChI=1S/C16H20ClNO/c1-19-15-7-6-14(17)10-13(15)11-16(12-18)8-4-2-3-5-9-16/h6-7,10H,2-5,8-9,11H2,1H3. The zero-order chi connectivity index (χ0) is 13.7. The zero-order valence-electron chi connectivity index (χ0n) is 11.4.